The third-order valence-corrected chi connectivity index (χ3v) is 5.02. The number of hydrogen-bond acceptors (Lipinski definition) is 6. The minimum Gasteiger partial charge on any atom is -0.485 e. The molecule has 0 unspecified atom stereocenters. The van der Waals surface area contributed by atoms with Crippen LogP contribution in [0, 0.1) is 0 Å². The third-order valence-electron chi connectivity index (χ3n) is 5.02. The first-order valence-electron chi connectivity index (χ1n) is 10.9. The quantitative estimate of drug-likeness (QED) is 0.413. The summed E-state index contributed by atoms with van der Waals surface area (Å²) in [5, 5.41) is 2.65. The highest BCUT2D eigenvalue weighted by molar-refractivity contribution is 5.85. The van der Waals surface area contributed by atoms with Gasteiger partial charge >= 0.3 is 5.97 Å². The van der Waals surface area contributed by atoms with E-state index in [2.05, 4.69) is 5.32 Å². The Kier molecular flexibility index (Phi) is 9.49. The second-order valence-electron chi connectivity index (χ2n) is 7.61. The summed E-state index contributed by atoms with van der Waals surface area (Å²) in [6, 6.07) is 24.3. The van der Waals surface area contributed by atoms with Crippen molar-refractivity contribution in [2.75, 3.05) is 20.8 Å². The van der Waals surface area contributed by atoms with Gasteiger partial charge in [-0.15, -0.1) is 0 Å². The van der Waals surface area contributed by atoms with Crippen LogP contribution in [0.15, 0.2) is 78.9 Å². The van der Waals surface area contributed by atoms with Gasteiger partial charge in [-0.3, -0.25) is 4.79 Å². The number of ether oxygens (including phenoxy) is 4. The van der Waals surface area contributed by atoms with E-state index in [9.17, 15) is 9.59 Å². The van der Waals surface area contributed by atoms with E-state index in [0.717, 1.165) is 16.7 Å². The average Bonchev–Trinajstić information content (AvgIpc) is 2.87. The monoisotopic (exact) mass is 463 g/mol. The van der Waals surface area contributed by atoms with E-state index in [1.807, 2.05) is 78.9 Å². The van der Waals surface area contributed by atoms with Gasteiger partial charge in [0.2, 0.25) is 5.91 Å². The van der Waals surface area contributed by atoms with Crippen LogP contribution in [0.3, 0.4) is 0 Å². The van der Waals surface area contributed by atoms with Crippen molar-refractivity contribution < 1.29 is 28.5 Å². The van der Waals surface area contributed by atoms with Crippen molar-refractivity contribution in [2.24, 2.45) is 0 Å². The molecular weight excluding hydrogens is 434 g/mol. The van der Waals surface area contributed by atoms with Crippen LogP contribution >= 0.6 is 0 Å². The van der Waals surface area contributed by atoms with Crippen molar-refractivity contribution in [3.8, 4) is 11.5 Å². The van der Waals surface area contributed by atoms with Crippen LogP contribution in [0.1, 0.15) is 16.7 Å². The predicted molar refractivity (Wildman–Crippen MR) is 128 cm³/mol. The number of carbonyl (C=O) groups excluding carboxylic acids is 2. The first-order valence-corrected chi connectivity index (χ1v) is 10.9. The Morgan fingerprint density at radius 3 is 1.91 bits per heavy atom. The molecule has 0 radical (unpaired) electrons. The fraction of sp³-hybridized carbons (Fsp3) is 0.259. The summed E-state index contributed by atoms with van der Waals surface area (Å²) in [5.41, 5.74) is 2.83. The lowest BCUT2D eigenvalue weighted by atomic mass is 10.0. The first-order chi connectivity index (χ1) is 16.6. The molecule has 3 aromatic carbocycles. The molecule has 0 aromatic heterocycles. The summed E-state index contributed by atoms with van der Waals surface area (Å²) in [7, 11) is 2.70. The molecule has 7 nitrogen and oxygen atoms in total. The van der Waals surface area contributed by atoms with Crippen molar-refractivity contribution >= 4 is 11.9 Å². The Morgan fingerprint density at radius 1 is 0.765 bits per heavy atom. The van der Waals surface area contributed by atoms with Gasteiger partial charge in [-0.05, 0) is 28.8 Å². The highest BCUT2D eigenvalue weighted by Gasteiger charge is 2.22. The van der Waals surface area contributed by atoms with Crippen LogP contribution in [0.25, 0.3) is 0 Å². The average molecular weight is 464 g/mol. The fourth-order valence-corrected chi connectivity index (χ4v) is 3.32. The zero-order chi connectivity index (χ0) is 24.2. The molecule has 0 aliphatic heterocycles. The molecule has 3 aromatic rings. The van der Waals surface area contributed by atoms with Crippen LogP contribution in [0.5, 0.6) is 11.5 Å². The summed E-state index contributed by atoms with van der Waals surface area (Å²) in [4.78, 5) is 24.2. The molecule has 7 heteroatoms. The van der Waals surface area contributed by atoms with Gasteiger partial charge in [0.1, 0.15) is 25.9 Å². The van der Waals surface area contributed by atoms with Crippen LogP contribution in [-0.2, 0) is 38.7 Å². The lowest BCUT2D eigenvalue weighted by Gasteiger charge is -2.18. The summed E-state index contributed by atoms with van der Waals surface area (Å²) in [6.07, 6.45) is 0.225. The van der Waals surface area contributed by atoms with E-state index >= 15 is 0 Å². The predicted octanol–water partition coefficient (Wildman–Crippen LogP) is 3.69. The molecule has 0 spiro atoms. The Balaban J connectivity index is 1.79. The Labute approximate surface area is 199 Å². The van der Waals surface area contributed by atoms with E-state index in [0.29, 0.717) is 24.7 Å². The van der Waals surface area contributed by atoms with Gasteiger partial charge in [-0.2, -0.15) is 0 Å². The molecule has 0 saturated heterocycles. The number of esters is 1. The molecule has 178 valence electrons. The van der Waals surface area contributed by atoms with Crippen LogP contribution in [0.4, 0.5) is 0 Å². The van der Waals surface area contributed by atoms with Gasteiger partial charge in [-0.1, -0.05) is 66.7 Å². The van der Waals surface area contributed by atoms with Crippen LogP contribution < -0.4 is 14.8 Å². The maximum absolute atomic E-state index is 12.2. The molecule has 0 aliphatic rings. The van der Waals surface area contributed by atoms with Gasteiger partial charge in [-0.25, -0.2) is 4.79 Å². The highest BCUT2D eigenvalue weighted by atomic mass is 16.5. The van der Waals surface area contributed by atoms with E-state index in [1.54, 1.807) is 0 Å². The fourth-order valence-electron chi connectivity index (χ4n) is 3.32. The molecule has 0 heterocycles. The highest BCUT2D eigenvalue weighted by Crippen LogP contribution is 2.30. The van der Waals surface area contributed by atoms with E-state index < -0.39 is 17.9 Å². The molecule has 0 bridgehead atoms. The van der Waals surface area contributed by atoms with Crippen molar-refractivity contribution in [3.05, 3.63) is 95.6 Å². The standard InChI is InChI=1S/C27H29NO6/c1-31-19-26(29)28-23(27(30)32-2)15-22-13-14-24(33-17-20-9-5-3-6-10-20)25(16-22)34-18-21-11-7-4-8-12-21/h3-14,16,23H,15,17-19H2,1-2H3,(H,28,29)/t23-/m0/s1. The van der Waals surface area contributed by atoms with Crippen LogP contribution in [-0.4, -0.2) is 38.7 Å². The minimum atomic E-state index is -0.856. The lowest BCUT2D eigenvalue weighted by Crippen LogP contribution is -2.44. The SMILES string of the molecule is COCC(=O)N[C@@H](Cc1ccc(OCc2ccccc2)c(OCc2ccccc2)c1)C(=O)OC. The number of hydrogen-bond donors (Lipinski definition) is 1. The molecule has 0 fully saturated rings. The molecule has 1 atom stereocenters. The summed E-state index contributed by atoms with van der Waals surface area (Å²) < 4.78 is 21.8. The number of amides is 1. The van der Waals surface area contributed by atoms with Crippen LogP contribution in [0.2, 0.25) is 0 Å². The number of benzene rings is 3. The molecule has 1 amide bonds. The second-order valence-corrected chi connectivity index (χ2v) is 7.61. The number of nitrogens with one attached hydrogen (secondary N) is 1. The van der Waals surface area contributed by atoms with Gasteiger partial charge in [0.15, 0.2) is 11.5 Å². The van der Waals surface area contributed by atoms with Crippen molar-refractivity contribution in [1.29, 1.82) is 0 Å². The Bertz CT molecular complexity index is 1060. The molecule has 34 heavy (non-hydrogen) atoms. The molecule has 0 aliphatic carbocycles. The zero-order valence-corrected chi connectivity index (χ0v) is 19.4. The normalized spacial score (nSPS) is 11.4. The molecule has 1 N–H and O–H groups in total. The van der Waals surface area contributed by atoms with E-state index in [1.165, 1.54) is 14.2 Å². The molecular formula is C27H29NO6. The first kappa shape index (κ1) is 24.8. The topological polar surface area (TPSA) is 83.1 Å². The molecule has 0 saturated carbocycles. The number of methoxy groups -OCH3 is 2. The summed E-state index contributed by atoms with van der Waals surface area (Å²) in [5.74, 6) is 0.188. The third kappa shape index (κ3) is 7.64. The lowest BCUT2D eigenvalue weighted by molar-refractivity contribution is -0.145. The maximum Gasteiger partial charge on any atom is 0.328 e. The van der Waals surface area contributed by atoms with E-state index in [-0.39, 0.29) is 13.0 Å². The van der Waals surface area contributed by atoms with Gasteiger partial charge < -0.3 is 24.3 Å². The summed E-state index contributed by atoms with van der Waals surface area (Å²) >= 11 is 0. The zero-order valence-electron chi connectivity index (χ0n) is 19.4. The summed E-state index contributed by atoms with van der Waals surface area (Å²) in [6.45, 7) is 0.599. The van der Waals surface area contributed by atoms with Crippen molar-refractivity contribution in [3.63, 3.8) is 0 Å². The number of rotatable bonds is 12. The van der Waals surface area contributed by atoms with Crippen molar-refractivity contribution in [2.45, 2.75) is 25.7 Å². The second kappa shape index (κ2) is 13.0. The Hall–Kier alpha value is -3.84. The number of carbonyl (C=O) groups is 2. The minimum absolute atomic E-state index is 0.148. The van der Waals surface area contributed by atoms with Gasteiger partial charge in [0, 0.05) is 13.5 Å². The molecule has 3 rings (SSSR count). The van der Waals surface area contributed by atoms with Gasteiger partial charge in [0.05, 0.1) is 7.11 Å². The van der Waals surface area contributed by atoms with Gasteiger partial charge in [0.25, 0.3) is 0 Å². The largest absolute Gasteiger partial charge is 0.485 e. The Morgan fingerprint density at radius 2 is 1.35 bits per heavy atom. The smallest absolute Gasteiger partial charge is 0.328 e. The van der Waals surface area contributed by atoms with Crippen molar-refractivity contribution in [1.82, 2.24) is 5.32 Å². The maximum atomic E-state index is 12.2. The van der Waals surface area contributed by atoms with E-state index in [4.69, 9.17) is 18.9 Å².